The summed E-state index contributed by atoms with van der Waals surface area (Å²) < 4.78 is 0. The van der Waals surface area contributed by atoms with E-state index in [1.165, 1.54) is 19.3 Å². The summed E-state index contributed by atoms with van der Waals surface area (Å²) in [5.41, 5.74) is 6.83. The fourth-order valence-corrected chi connectivity index (χ4v) is 6.13. The third-order valence-corrected chi connectivity index (χ3v) is 6.64. The Morgan fingerprint density at radius 2 is 1.69 bits per heavy atom. The highest BCUT2D eigenvalue weighted by atomic mass is 16.3. The minimum Gasteiger partial charge on any atom is -0.390 e. The maximum Gasteiger partial charge on any atom is 0.285 e. The van der Waals surface area contributed by atoms with E-state index in [0.29, 0.717) is 11.8 Å². The molecule has 0 heterocycles. The van der Waals surface area contributed by atoms with Gasteiger partial charge in [0.25, 0.3) is 5.91 Å². The molecule has 2 atom stereocenters. The molecule has 5 heteroatoms. The summed E-state index contributed by atoms with van der Waals surface area (Å²) in [4.78, 5) is 22.2. The Kier molecular flexibility index (Phi) is 4.40. The lowest BCUT2D eigenvalue weighted by molar-refractivity contribution is -0.162. The Bertz CT molecular complexity index is 698. The molecule has 140 valence electrons. The molecule has 0 aliphatic heterocycles. The molecule has 5 rings (SSSR count). The van der Waals surface area contributed by atoms with Gasteiger partial charge in [0.1, 0.15) is 0 Å². The third-order valence-electron chi connectivity index (χ3n) is 6.64. The molecule has 0 aromatic heterocycles. The van der Waals surface area contributed by atoms with Gasteiger partial charge >= 0.3 is 0 Å². The molecule has 1 amide bonds. The molecule has 4 N–H and O–H groups in total. The first-order chi connectivity index (χ1) is 12.3. The largest absolute Gasteiger partial charge is 0.390 e. The van der Waals surface area contributed by atoms with Gasteiger partial charge in [-0.2, -0.15) is 0 Å². The van der Waals surface area contributed by atoms with Gasteiger partial charge in [0, 0.05) is 19.5 Å². The molecule has 26 heavy (non-hydrogen) atoms. The summed E-state index contributed by atoms with van der Waals surface area (Å²) in [6.07, 6.45) is 6.87. The SMILES string of the molecule is NC(=O)C(=O)Cc1ccc(CNCC23CC4CC(CC(O)(C4)C2)C3)cc1. The third kappa shape index (κ3) is 3.55. The summed E-state index contributed by atoms with van der Waals surface area (Å²) in [6, 6.07) is 7.74. The van der Waals surface area contributed by atoms with Crippen molar-refractivity contribution in [1.29, 1.82) is 0 Å². The monoisotopic (exact) mass is 356 g/mol. The number of Topliss-reactive ketones (excluding diaryl/α,β-unsaturated/α-hetero) is 1. The molecular formula is C21H28N2O3. The van der Waals surface area contributed by atoms with Crippen molar-refractivity contribution >= 4 is 11.7 Å². The lowest BCUT2D eigenvalue weighted by Crippen LogP contribution is -2.58. The van der Waals surface area contributed by atoms with Crippen LogP contribution >= 0.6 is 0 Å². The van der Waals surface area contributed by atoms with E-state index < -0.39 is 17.3 Å². The molecule has 1 aromatic rings. The zero-order valence-corrected chi connectivity index (χ0v) is 15.2. The highest BCUT2D eigenvalue weighted by Crippen LogP contribution is 2.61. The van der Waals surface area contributed by atoms with E-state index in [-0.39, 0.29) is 11.8 Å². The second-order valence-corrected chi connectivity index (χ2v) is 9.07. The molecule has 4 aliphatic carbocycles. The van der Waals surface area contributed by atoms with Crippen molar-refractivity contribution in [2.24, 2.45) is 23.0 Å². The van der Waals surface area contributed by atoms with Gasteiger partial charge < -0.3 is 16.2 Å². The first-order valence-electron chi connectivity index (χ1n) is 9.68. The van der Waals surface area contributed by atoms with E-state index in [9.17, 15) is 14.7 Å². The van der Waals surface area contributed by atoms with Crippen molar-refractivity contribution in [2.75, 3.05) is 6.54 Å². The normalized spacial score (nSPS) is 34.8. The van der Waals surface area contributed by atoms with Crippen LogP contribution in [0.15, 0.2) is 24.3 Å². The molecule has 5 nitrogen and oxygen atoms in total. The van der Waals surface area contributed by atoms with E-state index in [4.69, 9.17) is 5.73 Å². The van der Waals surface area contributed by atoms with Crippen molar-refractivity contribution in [3.05, 3.63) is 35.4 Å². The number of ketones is 1. The fourth-order valence-electron chi connectivity index (χ4n) is 6.13. The van der Waals surface area contributed by atoms with Gasteiger partial charge in [0.2, 0.25) is 5.78 Å². The van der Waals surface area contributed by atoms with Crippen molar-refractivity contribution in [1.82, 2.24) is 5.32 Å². The second-order valence-electron chi connectivity index (χ2n) is 9.07. The van der Waals surface area contributed by atoms with E-state index in [1.807, 2.05) is 24.3 Å². The molecule has 4 saturated carbocycles. The van der Waals surface area contributed by atoms with Gasteiger partial charge in [-0.15, -0.1) is 0 Å². The number of aliphatic hydroxyl groups is 1. The molecule has 4 fully saturated rings. The van der Waals surface area contributed by atoms with E-state index in [2.05, 4.69) is 5.32 Å². The summed E-state index contributed by atoms with van der Waals surface area (Å²) in [7, 11) is 0. The lowest BCUT2D eigenvalue weighted by atomic mass is 9.48. The summed E-state index contributed by atoms with van der Waals surface area (Å²) >= 11 is 0. The second kappa shape index (κ2) is 6.46. The van der Waals surface area contributed by atoms with Gasteiger partial charge in [-0.1, -0.05) is 24.3 Å². The zero-order valence-electron chi connectivity index (χ0n) is 15.2. The minimum absolute atomic E-state index is 0.0630. The molecule has 0 spiro atoms. The molecule has 0 saturated heterocycles. The number of nitrogens with two attached hydrogens (primary N) is 1. The number of amides is 1. The number of hydrogen-bond acceptors (Lipinski definition) is 4. The molecule has 4 aliphatic rings. The maximum absolute atomic E-state index is 11.4. The first-order valence-corrected chi connectivity index (χ1v) is 9.68. The average molecular weight is 356 g/mol. The Morgan fingerprint density at radius 1 is 1.08 bits per heavy atom. The molecular weight excluding hydrogens is 328 g/mol. The highest BCUT2D eigenvalue weighted by molar-refractivity contribution is 6.35. The lowest BCUT2D eigenvalue weighted by Gasteiger charge is -2.60. The van der Waals surface area contributed by atoms with E-state index >= 15 is 0 Å². The Morgan fingerprint density at radius 3 is 2.27 bits per heavy atom. The van der Waals surface area contributed by atoms with Gasteiger partial charge in [-0.3, -0.25) is 9.59 Å². The Balaban J connectivity index is 1.31. The van der Waals surface area contributed by atoms with Crippen LogP contribution in [-0.4, -0.2) is 28.9 Å². The van der Waals surface area contributed by atoms with Crippen LogP contribution in [0.3, 0.4) is 0 Å². The van der Waals surface area contributed by atoms with Crippen molar-refractivity contribution in [3.8, 4) is 0 Å². The fraction of sp³-hybridized carbons (Fsp3) is 0.619. The zero-order chi connectivity index (χ0) is 18.4. The van der Waals surface area contributed by atoms with Crippen LogP contribution < -0.4 is 11.1 Å². The number of benzene rings is 1. The van der Waals surface area contributed by atoms with Crippen LogP contribution in [0.25, 0.3) is 0 Å². The predicted octanol–water partition coefficient (Wildman–Crippen LogP) is 1.70. The van der Waals surface area contributed by atoms with Gasteiger partial charge in [0.15, 0.2) is 0 Å². The Labute approximate surface area is 154 Å². The average Bonchev–Trinajstić information content (AvgIpc) is 2.54. The van der Waals surface area contributed by atoms with Crippen molar-refractivity contribution < 1.29 is 14.7 Å². The van der Waals surface area contributed by atoms with Crippen LogP contribution in [0.1, 0.15) is 49.7 Å². The summed E-state index contributed by atoms with van der Waals surface area (Å²) in [5, 5.41) is 14.4. The molecule has 1 aromatic carbocycles. The van der Waals surface area contributed by atoms with Crippen LogP contribution in [0.5, 0.6) is 0 Å². The van der Waals surface area contributed by atoms with Crippen LogP contribution in [0.4, 0.5) is 0 Å². The summed E-state index contributed by atoms with van der Waals surface area (Å²) in [5.74, 6) is -0.0150. The first kappa shape index (κ1) is 17.7. The maximum atomic E-state index is 11.4. The van der Waals surface area contributed by atoms with Gasteiger partial charge in [-0.05, 0) is 66.9 Å². The van der Waals surface area contributed by atoms with Crippen LogP contribution in [0.2, 0.25) is 0 Å². The smallest absolute Gasteiger partial charge is 0.285 e. The topological polar surface area (TPSA) is 92.4 Å². The number of carbonyl (C=O) groups excluding carboxylic acids is 2. The Hall–Kier alpha value is -1.72. The number of rotatable bonds is 7. The molecule has 0 radical (unpaired) electrons. The van der Waals surface area contributed by atoms with Crippen LogP contribution in [0, 0.1) is 17.3 Å². The van der Waals surface area contributed by atoms with Gasteiger partial charge in [-0.25, -0.2) is 0 Å². The standard InChI is InChI=1S/C21H28N2O3/c22-19(25)18(24)6-14-1-3-15(4-2-14)11-23-13-20-7-16-5-17(8-20)10-21(26,9-16)12-20/h1-4,16-17,23,26H,5-13H2,(H2,22,25). The quantitative estimate of drug-likeness (QED) is 0.649. The molecule has 4 bridgehead atoms. The van der Waals surface area contributed by atoms with E-state index in [1.54, 1.807) is 0 Å². The van der Waals surface area contributed by atoms with E-state index in [0.717, 1.165) is 43.5 Å². The minimum atomic E-state index is -0.882. The summed E-state index contributed by atoms with van der Waals surface area (Å²) in [6.45, 7) is 1.74. The highest BCUT2D eigenvalue weighted by Gasteiger charge is 2.56. The van der Waals surface area contributed by atoms with Crippen LogP contribution in [-0.2, 0) is 22.6 Å². The van der Waals surface area contributed by atoms with Crippen molar-refractivity contribution in [3.63, 3.8) is 0 Å². The molecule has 2 unspecified atom stereocenters. The number of hydrogen-bond donors (Lipinski definition) is 3. The van der Waals surface area contributed by atoms with Crippen molar-refractivity contribution in [2.45, 2.75) is 57.1 Å². The number of primary amides is 1. The number of carbonyl (C=O) groups is 2. The van der Waals surface area contributed by atoms with Gasteiger partial charge in [0.05, 0.1) is 5.60 Å². The number of nitrogens with one attached hydrogen (secondary N) is 1. The predicted molar refractivity (Wildman–Crippen MR) is 98.1 cm³/mol.